The number of nitrogens with two attached hydrogens (primary N) is 1. The molecule has 0 aliphatic heterocycles. The van der Waals surface area contributed by atoms with Gasteiger partial charge >= 0.3 is 0 Å². The van der Waals surface area contributed by atoms with E-state index in [-0.39, 0.29) is 11.5 Å². The van der Waals surface area contributed by atoms with Crippen molar-refractivity contribution in [3.05, 3.63) is 59.7 Å². The largest absolute Gasteiger partial charge is 0.369 e. The molecule has 1 atom stereocenters. The molecule has 2 rings (SSSR count). The van der Waals surface area contributed by atoms with E-state index in [4.69, 9.17) is 11.0 Å². The van der Waals surface area contributed by atoms with E-state index in [9.17, 15) is 9.00 Å². The third kappa shape index (κ3) is 4.01. The molecule has 21 heavy (non-hydrogen) atoms. The van der Waals surface area contributed by atoms with Crippen molar-refractivity contribution in [2.24, 2.45) is 5.73 Å². The zero-order valence-corrected chi connectivity index (χ0v) is 12.1. The molecule has 4 nitrogen and oxygen atoms in total. The lowest BCUT2D eigenvalue weighted by molar-refractivity contribution is -0.115. The van der Waals surface area contributed by atoms with Crippen molar-refractivity contribution in [1.29, 1.82) is 5.26 Å². The molecule has 0 fully saturated rings. The first-order chi connectivity index (χ1) is 10.1. The van der Waals surface area contributed by atoms with Gasteiger partial charge in [0.05, 0.1) is 11.6 Å². The lowest BCUT2D eigenvalue weighted by Gasteiger charge is -2.07. The van der Waals surface area contributed by atoms with Gasteiger partial charge in [0.1, 0.15) is 5.75 Å². The highest BCUT2D eigenvalue weighted by atomic mass is 32.2. The minimum Gasteiger partial charge on any atom is -0.369 e. The van der Waals surface area contributed by atoms with Crippen LogP contribution in [-0.2, 0) is 21.3 Å². The minimum absolute atomic E-state index is 0.140. The number of benzene rings is 2. The fourth-order valence-corrected chi connectivity index (χ4v) is 3.03. The molecule has 0 bridgehead atoms. The average molecular weight is 298 g/mol. The molecule has 0 aliphatic carbocycles. The number of nitriles is 1. The van der Waals surface area contributed by atoms with Crippen LogP contribution in [0.2, 0.25) is 0 Å². The number of amides is 1. The van der Waals surface area contributed by atoms with Crippen molar-refractivity contribution in [1.82, 2.24) is 0 Å². The summed E-state index contributed by atoms with van der Waals surface area (Å²) in [4.78, 5) is 10.8. The summed E-state index contributed by atoms with van der Waals surface area (Å²) in [5, 5.41) is 9.14. The van der Waals surface area contributed by atoms with E-state index in [2.05, 4.69) is 6.07 Å². The van der Waals surface area contributed by atoms with Gasteiger partial charge in [-0.15, -0.1) is 0 Å². The van der Waals surface area contributed by atoms with Crippen LogP contribution in [0.25, 0.3) is 11.1 Å². The molecule has 1 amide bonds. The summed E-state index contributed by atoms with van der Waals surface area (Å²) in [5.41, 5.74) is 8.20. The van der Waals surface area contributed by atoms with E-state index in [0.29, 0.717) is 5.56 Å². The first-order valence-corrected chi connectivity index (χ1v) is 7.80. The van der Waals surface area contributed by atoms with Gasteiger partial charge in [-0.2, -0.15) is 5.26 Å². The average Bonchev–Trinajstić information content (AvgIpc) is 2.46. The van der Waals surface area contributed by atoms with Gasteiger partial charge in [0.25, 0.3) is 0 Å². The van der Waals surface area contributed by atoms with Crippen LogP contribution in [0, 0.1) is 11.3 Å². The van der Waals surface area contributed by atoms with Gasteiger partial charge in [0, 0.05) is 16.6 Å². The zero-order valence-electron chi connectivity index (χ0n) is 11.3. The van der Waals surface area contributed by atoms with Crippen LogP contribution in [0.3, 0.4) is 0 Å². The predicted molar refractivity (Wildman–Crippen MR) is 82.5 cm³/mol. The van der Waals surface area contributed by atoms with Gasteiger partial charge < -0.3 is 5.73 Å². The molecule has 0 saturated carbocycles. The fourth-order valence-electron chi connectivity index (χ4n) is 2.06. The number of primary amides is 1. The van der Waals surface area contributed by atoms with Gasteiger partial charge in [-0.05, 0) is 22.8 Å². The van der Waals surface area contributed by atoms with Crippen LogP contribution in [0.1, 0.15) is 11.1 Å². The second kappa shape index (κ2) is 6.82. The van der Waals surface area contributed by atoms with Gasteiger partial charge in [-0.3, -0.25) is 9.00 Å². The summed E-state index contributed by atoms with van der Waals surface area (Å²) in [6.07, 6.45) is 0. The summed E-state index contributed by atoms with van der Waals surface area (Å²) in [7, 11) is -1.31. The molecule has 0 radical (unpaired) electrons. The van der Waals surface area contributed by atoms with Gasteiger partial charge in [-0.1, -0.05) is 42.5 Å². The van der Waals surface area contributed by atoms with Crippen molar-refractivity contribution in [3.8, 4) is 17.2 Å². The molecule has 2 aromatic rings. The molecular weight excluding hydrogens is 284 g/mol. The maximum atomic E-state index is 11.8. The fraction of sp³-hybridized carbons (Fsp3) is 0.125. The lowest BCUT2D eigenvalue weighted by atomic mass is 9.99. The molecule has 0 heterocycles. The molecule has 0 spiro atoms. The van der Waals surface area contributed by atoms with Gasteiger partial charge in [0.15, 0.2) is 0 Å². The van der Waals surface area contributed by atoms with Crippen LogP contribution in [0.15, 0.2) is 48.5 Å². The molecule has 2 N–H and O–H groups in total. The van der Waals surface area contributed by atoms with E-state index >= 15 is 0 Å². The Labute approximate surface area is 125 Å². The van der Waals surface area contributed by atoms with Gasteiger partial charge in [0.2, 0.25) is 5.91 Å². The standard InChI is InChI=1S/C16H14N2O2S/c17-9-14-5-1-2-7-15(14)13-6-3-4-12(8-13)10-21(20)11-16(18)19/h1-8H,10-11H2,(H2,18,19). The normalized spacial score (nSPS) is 11.6. The van der Waals surface area contributed by atoms with E-state index in [1.54, 1.807) is 6.07 Å². The number of hydrogen-bond donors (Lipinski definition) is 1. The van der Waals surface area contributed by atoms with E-state index in [0.717, 1.165) is 16.7 Å². The first kappa shape index (κ1) is 14.9. The number of hydrogen-bond acceptors (Lipinski definition) is 3. The Morgan fingerprint density at radius 1 is 1.19 bits per heavy atom. The molecule has 2 aromatic carbocycles. The minimum atomic E-state index is -1.31. The van der Waals surface area contributed by atoms with Crippen molar-refractivity contribution < 1.29 is 9.00 Å². The summed E-state index contributed by atoms with van der Waals surface area (Å²) < 4.78 is 11.8. The molecule has 0 aliphatic rings. The third-order valence-corrected chi connectivity index (χ3v) is 4.18. The SMILES string of the molecule is N#Cc1ccccc1-c1cccc(CS(=O)CC(N)=O)c1. The van der Waals surface area contributed by atoms with Crippen LogP contribution in [-0.4, -0.2) is 15.9 Å². The zero-order chi connectivity index (χ0) is 15.2. The molecule has 0 saturated heterocycles. The Bertz CT molecular complexity index is 735. The monoisotopic (exact) mass is 298 g/mol. The summed E-state index contributed by atoms with van der Waals surface area (Å²) in [6, 6.07) is 16.9. The maximum Gasteiger partial charge on any atom is 0.230 e. The smallest absolute Gasteiger partial charge is 0.230 e. The molecule has 106 valence electrons. The van der Waals surface area contributed by atoms with Crippen molar-refractivity contribution >= 4 is 16.7 Å². The number of rotatable bonds is 5. The van der Waals surface area contributed by atoms with E-state index in [1.165, 1.54) is 0 Å². The molecule has 0 aromatic heterocycles. The Kier molecular flexibility index (Phi) is 4.85. The Balaban J connectivity index is 2.28. The van der Waals surface area contributed by atoms with E-state index in [1.807, 2.05) is 42.5 Å². The maximum absolute atomic E-state index is 11.8. The molecule has 1 unspecified atom stereocenters. The van der Waals surface area contributed by atoms with Crippen LogP contribution in [0.5, 0.6) is 0 Å². The van der Waals surface area contributed by atoms with Crippen LogP contribution in [0.4, 0.5) is 0 Å². The summed E-state index contributed by atoms with van der Waals surface area (Å²) >= 11 is 0. The highest BCUT2D eigenvalue weighted by Crippen LogP contribution is 2.24. The second-order valence-corrected chi connectivity index (χ2v) is 6.01. The molecule has 5 heteroatoms. The molecular formula is C16H14N2O2S. The Morgan fingerprint density at radius 2 is 1.95 bits per heavy atom. The predicted octanol–water partition coefficient (Wildman–Crippen LogP) is 1.96. The Morgan fingerprint density at radius 3 is 2.67 bits per heavy atom. The number of nitrogens with zero attached hydrogens (tertiary/aromatic N) is 1. The van der Waals surface area contributed by atoms with Crippen LogP contribution < -0.4 is 5.73 Å². The quantitative estimate of drug-likeness (QED) is 0.915. The van der Waals surface area contributed by atoms with Crippen LogP contribution >= 0.6 is 0 Å². The van der Waals surface area contributed by atoms with Gasteiger partial charge in [-0.25, -0.2) is 0 Å². The van der Waals surface area contributed by atoms with Crippen molar-refractivity contribution in [2.75, 3.05) is 5.75 Å². The second-order valence-electron chi connectivity index (χ2n) is 4.55. The Hall–Kier alpha value is -2.45. The summed E-state index contributed by atoms with van der Waals surface area (Å²) in [5.74, 6) is -0.441. The highest BCUT2D eigenvalue weighted by Gasteiger charge is 2.08. The topological polar surface area (TPSA) is 83.9 Å². The van der Waals surface area contributed by atoms with Crippen molar-refractivity contribution in [2.45, 2.75) is 5.75 Å². The highest BCUT2D eigenvalue weighted by molar-refractivity contribution is 7.84. The van der Waals surface area contributed by atoms with E-state index < -0.39 is 16.7 Å². The third-order valence-electron chi connectivity index (χ3n) is 2.92. The number of carbonyl (C=O) groups is 1. The first-order valence-electron chi connectivity index (χ1n) is 6.32. The lowest BCUT2D eigenvalue weighted by Crippen LogP contribution is -2.20. The number of carbonyl (C=O) groups excluding carboxylic acids is 1. The van der Waals surface area contributed by atoms with Crippen molar-refractivity contribution in [3.63, 3.8) is 0 Å². The summed E-state index contributed by atoms with van der Waals surface area (Å²) in [6.45, 7) is 0.